The number of aromatic nitrogens is 2. The van der Waals surface area contributed by atoms with Gasteiger partial charge in [0.15, 0.2) is 0 Å². The molecule has 208 valence electrons. The van der Waals surface area contributed by atoms with Gasteiger partial charge in [-0.05, 0) is 30.5 Å². The molecule has 2 aromatic rings. The van der Waals surface area contributed by atoms with Crippen LogP contribution in [-0.2, 0) is 30.6 Å². The van der Waals surface area contributed by atoms with Crippen molar-refractivity contribution >= 4 is 17.7 Å². The van der Waals surface area contributed by atoms with Gasteiger partial charge in [0.05, 0.1) is 17.8 Å². The fourth-order valence-electron chi connectivity index (χ4n) is 4.25. The molecule has 1 aliphatic carbocycles. The van der Waals surface area contributed by atoms with Crippen LogP contribution in [0.5, 0.6) is 5.88 Å². The van der Waals surface area contributed by atoms with Crippen molar-refractivity contribution in [3.8, 4) is 18.7 Å². The maximum Gasteiger partial charge on any atom is 0.389 e. The number of nitrogens with zero attached hydrogens (tertiary/aromatic N) is 3. The maximum absolute atomic E-state index is 12.3. The van der Waals surface area contributed by atoms with Crippen LogP contribution in [0.15, 0.2) is 10.6 Å². The van der Waals surface area contributed by atoms with Crippen LogP contribution in [0.3, 0.4) is 0 Å². The van der Waals surface area contributed by atoms with E-state index in [2.05, 4.69) is 33.6 Å². The lowest BCUT2D eigenvalue weighted by molar-refractivity contribution is -0.134. The largest absolute Gasteiger partial charge is 0.479 e. The molecule has 2 N–H and O–H groups in total. The molecular weight excluding hydrogens is 505 g/mol. The Kier molecular flexibility index (Phi) is 15.6. The number of primary amides is 1. The minimum Gasteiger partial charge on any atom is -0.479 e. The second kappa shape index (κ2) is 17.8. The highest BCUT2D eigenvalue weighted by molar-refractivity contribution is 7.11. The number of ether oxygens (including phenoxy) is 1. The third kappa shape index (κ3) is 13.0. The summed E-state index contributed by atoms with van der Waals surface area (Å²) in [6.45, 7) is 4.96. The van der Waals surface area contributed by atoms with Crippen LogP contribution in [0.25, 0.3) is 0 Å². The zero-order valence-corrected chi connectivity index (χ0v) is 22.6. The number of carbonyl (C=O) groups is 1. The van der Waals surface area contributed by atoms with E-state index in [0.29, 0.717) is 10.9 Å². The number of halogens is 3. The molecule has 0 aromatic carbocycles. The summed E-state index contributed by atoms with van der Waals surface area (Å²) in [5.41, 5.74) is 5.20. The Morgan fingerprint density at radius 3 is 2.51 bits per heavy atom. The molecule has 2 aliphatic rings. The van der Waals surface area contributed by atoms with Crippen LogP contribution in [0.4, 0.5) is 13.2 Å². The van der Waals surface area contributed by atoms with Crippen molar-refractivity contribution in [1.29, 1.82) is 0 Å². The predicted molar refractivity (Wildman–Crippen MR) is 139 cm³/mol. The number of alkyl halides is 3. The quantitative estimate of drug-likeness (QED) is 0.362. The Bertz CT molecular complexity index is 890. The number of methoxy groups -OCH3 is 1. The van der Waals surface area contributed by atoms with Crippen molar-refractivity contribution in [3.05, 3.63) is 27.4 Å². The number of thiazole rings is 1. The van der Waals surface area contributed by atoms with E-state index in [1.165, 1.54) is 54.7 Å². The number of amides is 1. The second-order valence-corrected chi connectivity index (χ2v) is 9.90. The molecule has 0 spiro atoms. The van der Waals surface area contributed by atoms with Crippen molar-refractivity contribution in [2.24, 2.45) is 11.7 Å². The monoisotopic (exact) mass is 544 g/mol. The number of fused-ring (bicyclic) bond motifs is 1. The van der Waals surface area contributed by atoms with Gasteiger partial charge < -0.3 is 15.0 Å². The third-order valence-corrected chi connectivity index (χ3v) is 7.36. The average Bonchev–Trinajstić information content (AvgIpc) is 3.55. The van der Waals surface area contributed by atoms with Crippen LogP contribution in [-0.4, -0.2) is 47.8 Å². The second-order valence-electron chi connectivity index (χ2n) is 8.74. The Hall–Kier alpha value is -2.58. The Labute approximate surface area is 221 Å². The van der Waals surface area contributed by atoms with E-state index in [1.807, 2.05) is 6.92 Å². The molecule has 3 heterocycles. The first-order valence-corrected chi connectivity index (χ1v) is 13.3. The lowest BCUT2D eigenvalue weighted by atomic mass is 9.87. The van der Waals surface area contributed by atoms with E-state index < -0.39 is 12.6 Å². The van der Waals surface area contributed by atoms with Crippen LogP contribution in [0, 0.1) is 18.8 Å². The molecule has 0 radical (unpaired) electrons. The molecule has 1 fully saturated rings. The summed E-state index contributed by atoms with van der Waals surface area (Å²) < 4.78 is 46.6. The first-order chi connectivity index (χ1) is 17.8. The highest BCUT2D eigenvalue weighted by atomic mass is 32.1. The van der Waals surface area contributed by atoms with Crippen molar-refractivity contribution in [2.45, 2.75) is 83.9 Å². The van der Waals surface area contributed by atoms with Crippen LogP contribution < -0.4 is 10.5 Å². The van der Waals surface area contributed by atoms with Crippen LogP contribution >= 0.6 is 11.3 Å². The minimum absolute atomic E-state index is 0.0310. The smallest absolute Gasteiger partial charge is 0.389 e. The van der Waals surface area contributed by atoms with Crippen molar-refractivity contribution in [1.82, 2.24) is 15.0 Å². The molecule has 1 aliphatic heterocycles. The standard InChI is InChI=1S/C17H25F3N2S.C6H9NO2.C2H2.CH3NO/c18-17(19,20)9-6-16-21-14-12-22(11-8-15(14)23-16)10-7-13-4-2-1-3-5-13;1-3-5-4-6(8-2)7-9-5;1-2;2-1-3/h13H,1-12H2;4H,3H2,1-2H3;1-2H;1H,(H2,2,3). The number of hydrogen-bond acceptors (Lipinski definition) is 7. The highest BCUT2D eigenvalue weighted by Gasteiger charge is 2.28. The summed E-state index contributed by atoms with van der Waals surface area (Å²) in [6.07, 6.45) is 13.4. The molecule has 0 atom stereocenters. The molecule has 2 aromatic heterocycles. The SMILES string of the molecule is C#C.CCc1cc(OC)no1.FC(F)(F)CCc1nc2c(s1)CCN(CCC1CCCCC1)C2.NC=O. The van der Waals surface area contributed by atoms with Gasteiger partial charge >= 0.3 is 6.18 Å². The summed E-state index contributed by atoms with van der Waals surface area (Å²) >= 11 is 1.49. The Morgan fingerprint density at radius 1 is 1.30 bits per heavy atom. The first kappa shape index (κ1) is 32.4. The van der Waals surface area contributed by atoms with Gasteiger partial charge in [-0.15, -0.1) is 24.2 Å². The van der Waals surface area contributed by atoms with E-state index in [1.54, 1.807) is 13.2 Å². The number of aryl methyl sites for hydroxylation is 2. The summed E-state index contributed by atoms with van der Waals surface area (Å²) in [7, 11) is 1.57. The zero-order valence-electron chi connectivity index (χ0n) is 21.8. The van der Waals surface area contributed by atoms with Gasteiger partial charge in [0.25, 0.3) is 5.88 Å². The number of hydrogen-bond donors (Lipinski definition) is 1. The number of nitrogens with two attached hydrogens (primary N) is 1. The lowest BCUT2D eigenvalue weighted by Gasteiger charge is -2.29. The molecule has 0 unspecified atom stereocenters. The molecular formula is C26H39F3N4O3S. The molecule has 7 nitrogen and oxygen atoms in total. The normalized spacial score (nSPS) is 15.5. The van der Waals surface area contributed by atoms with E-state index in [-0.39, 0.29) is 12.8 Å². The van der Waals surface area contributed by atoms with Gasteiger partial charge in [-0.3, -0.25) is 9.69 Å². The molecule has 1 amide bonds. The van der Waals surface area contributed by atoms with Crippen LogP contribution in [0.1, 0.15) is 73.2 Å². The fourth-order valence-corrected chi connectivity index (χ4v) is 5.32. The molecule has 1 saturated carbocycles. The number of carbonyl (C=O) groups excluding carboxylic acids is 1. The lowest BCUT2D eigenvalue weighted by Crippen LogP contribution is -2.32. The molecule has 37 heavy (non-hydrogen) atoms. The van der Waals surface area contributed by atoms with E-state index in [4.69, 9.17) is 14.1 Å². The molecule has 0 saturated heterocycles. The van der Waals surface area contributed by atoms with Crippen molar-refractivity contribution < 1.29 is 27.2 Å². The first-order valence-electron chi connectivity index (χ1n) is 12.5. The Morgan fingerprint density at radius 2 is 1.97 bits per heavy atom. The summed E-state index contributed by atoms with van der Waals surface area (Å²) in [5.74, 6) is 2.28. The predicted octanol–water partition coefficient (Wildman–Crippen LogP) is 5.56. The molecule has 4 rings (SSSR count). The summed E-state index contributed by atoms with van der Waals surface area (Å²) in [5, 5.41) is 4.26. The maximum atomic E-state index is 12.3. The summed E-state index contributed by atoms with van der Waals surface area (Å²) in [4.78, 5) is 16.7. The molecule has 0 bridgehead atoms. The van der Waals surface area contributed by atoms with Gasteiger partial charge in [0.2, 0.25) is 6.41 Å². The Balaban J connectivity index is 0.000000406. The topological polar surface area (TPSA) is 94.5 Å². The van der Waals surface area contributed by atoms with Gasteiger partial charge in [-0.1, -0.05) is 39.0 Å². The van der Waals surface area contributed by atoms with Crippen molar-refractivity contribution in [2.75, 3.05) is 20.2 Å². The third-order valence-electron chi connectivity index (χ3n) is 6.15. The van der Waals surface area contributed by atoms with E-state index >= 15 is 0 Å². The molecule has 11 heteroatoms. The zero-order chi connectivity index (χ0) is 27.7. The number of terminal acetylenes is 1. The van der Waals surface area contributed by atoms with E-state index in [9.17, 15) is 13.2 Å². The highest BCUT2D eigenvalue weighted by Crippen LogP contribution is 2.30. The van der Waals surface area contributed by atoms with E-state index in [0.717, 1.165) is 49.8 Å². The van der Waals surface area contributed by atoms with Crippen molar-refractivity contribution in [3.63, 3.8) is 0 Å². The number of rotatable bonds is 7. The summed E-state index contributed by atoms with van der Waals surface area (Å²) in [6, 6.07) is 1.78. The van der Waals surface area contributed by atoms with Gasteiger partial charge in [0, 0.05) is 43.3 Å². The average molecular weight is 545 g/mol. The van der Waals surface area contributed by atoms with Gasteiger partial charge in [-0.2, -0.15) is 13.2 Å². The van der Waals surface area contributed by atoms with Gasteiger partial charge in [0.1, 0.15) is 5.76 Å². The van der Waals surface area contributed by atoms with Crippen LogP contribution in [0.2, 0.25) is 0 Å². The minimum atomic E-state index is -4.09. The fraction of sp³-hybridized carbons (Fsp3) is 0.654. The van der Waals surface area contributed by atoms with Gasteiger partial charge in [-0.25, -0.2) is 4.98 Å².